The number of phenolic OH excluding ortho intramolecular Hbond substituents is 1. The van der Waals surface area contributed by atoms with Crippen LogP contribution in [0.1, 0.15) is 52.0 Å². The highest BCUT2D eigenvalue weighted by Gasteiger charge is 2.59. The number of likely N-dealkylation sites (tertiary alicyclic amines) is 1. The van der Waals surface area contributed by atoms with Crippen LogP contribution in [0.5, 0.6) is 5.75 Å². The molecule has 8 nitrogen and oxygen atoms in total. The molecule has 0 radical (unpaired) electrons. The first-order chi connectivity index (χ1) is 17.6. The summed E-state index contributed by atoms with van der Waals surface area (Å²) in [7, 11) is 0.0635. The average molecular weight is 530 g/mol. The van der Waals surface area contributed by atoms with Crippen LogP contribution in [0, 0.1) is 23.7 Å². The summed E-state index contributed by atoms with van der Waals surface area (Å²) in [6.45, 7) is 6.14. The second kappa shape index (κ2) is 11.0. The number of methoxy groups -OCH3 is 1. The normalized spacial score (nSPS) is 26.1. The van der Waals surface area contributed by atoms with Crippen LogP contribution in [0.25, 0.3) is 6.08 Å². The van der Waals surface area contributed by atoms with Crippen molar-refractivity contribution >= 4 is 42.7 Å². The van der Waals surface area contributed by atoms with Gasteiger partial charge in [0.2, 0.25) is 11.8 Å². The Balaban J connectivity index is 1.64. The summed E-state index contributed by atoms with van der Waals surface area (Å²) in [5.41, 5.74) is 3.96. The number of halogens is 1. The molecule has 1 aliphatic carbocycles. The maximum absolute atomic E-state index is 13.3. The van der Waals surface area contributed by atoms with Crippen molar-refractivity contribution in [3.8, 4) is 5.75 Å². The number of carbonyl (C=O) groups excluding carboxylic acids is 3. The first-order valence-electron chi connectivity index (χ1n) is 12.8. The fraction of sp³-hybridized carbons (Fsp3) is 0.519. The topological polar surface area (TPSA) is 113 Å². The van der Waals surface area contributed by atoms with E-state index >= 15 is 0 Å². The van der Waals surface area contributed by atoms with Crippen LogP contribution in [-0.2, 0) is 19.0 Å². The lowest BCUT2D eigenvalue weighted by molar-refractivity contribution is -0.137. The molecule has 2 fully saturated rings. The molecule has 10 heteroatoms. The second-order valence-corrected chi connectivity index (χ2v) is 10.7. The number of phenols is 1. The lowest BCUT2D eigenvalue weighted by Crippen LogP contribution is -2.46. The van der Waals surface area contributed by atoms with Gasteiger partial charge in [-0.1, -0.05) is 49.6 Å². The lowest BCUT2D eigenvalue weighted by atomic mass is 9.57. The van der Waals surface area contributed by atoms with Crippen LogP contribution < -0.4 is 0 Å². The third-order valence-electron chi connectivity index (χ3n) is 7.82. The number of hydrogen-bond donors (Lipinski definition) is 2. The minimum Gasteiger partial charge on any atom is -0.508 e. The van der Waals surface area contributed by atoms with Gasteiger partial charge in [0.05, 0.1) is 30.1 Å². The Morgan fingerprint density at radius 2 is 2.03 bits per heavy atom. The summed E-state index contributed by atoms with van der Waals surface area (Å²) < 4.78 is 10.7. The molecule has 0 aromatic heterocycles. The highest BCUT2D eigenvalue weighted by molar-refractivity contribution is 6.43. The van der Waals surface area contributed by atoms with Gasteiger partial charge in [-0.05, 0) is 73.2 Å². The predicted molar refractivity (Wildman–Crippen MR) is 139 cm³/mol. The van der Waals surface area contributed by atoms with E-state index in [4.69, 9.17) is 21.0 Å². The van der Waals surface area contributed by atoms with Crippen molar-refractivity contribution in [2.24, 2.45) is 23.7 Å². The highest BCUT2D eigenvalue weighted by Crippen LogP contribution is 2.52. The van der Waals surface area contributed by atoms with Crippen LogP contribution in [0.2, 0.25) is 11.3 Å². The Hall–Kier alpha value is -2.62. The number of amides is 3. The van der Waals surface area contributed by atoms with Gasteiger partial charge in [-0.3, -0.25) is 9.59 Å². The van der Waals surface area contributed by atoms with Crippen LogP contribution in [-0.4, -0.2) is 53.3 Å². The second-order valence-electron chi connectivity index (χ2n) is 10.3. The Bertz CT molecular complexity index is 1160. The molecule has 2 N–H and O–H groups in total. The summed E-state index contributed by atoms with van der Waals surface area (Å²) in [6.07, 6.45) is 3.20. The van der Waals surface area contributed by atoms with E-state index in [1.54, 1.807) is 12.1 Å². The number of aromatic hydroxyl groups is 1. The number of imide groups is 3. The van der Waals surface area contributed by atoms with Gasteiger partial charge in [0.25, 0.3) is 0 Å². The summed E-state index contributed by atoms with van der Waals surface area (Å²) >= 11 is 6.30. The molecule has 0 bridgehead atoms. The van der Waals surface area contributed by atoms with Gasteiger partial charge in [0, 0.05) is 0 Å². The molecule has 0 saturated carbocycles. The average Bonchev–Trinajstić information content (AvgIpc) is 3.11. The molecule has 3 amide bonds. The summed E-state index contributed by atoms with van der Waals surface area (Å²) in [6, 6.07) is 4.86. The third-order valence-corrected chi connectivity index (χ3v) is 8.15. The molecule has 198 valence electrons. The molecular weight excluding hydrogens is 497 g/mol. The molecule has 2 heterocycles. The zero-order valence-electron chi connectivity index (χ0n) is 21.6. The van der Waals surface area contributed by atoms with Gasteiger partial charge < -0.3 is 19.5 Å². The van der Waals surface area contributed by atoms with E-state index in [1.165, 1.54) is 6.07 Å². The molecular formula is C27H33BClNO7. The van der Waals surface area contributed by atoms with Crippen molar-refractivity contribution in [1.82, 2.24) is 4.90 Å². The molecule has 0 unspecified atom stereocenters. The zero-order chi connectivity index (χ0) is 27.0. The van der Waals surface area contributed by atoms with Crippen molar-refractivity contribution in [2.45, 2.75) is 58.9 Å². The summed E-state index contributed by atoms with van der Waals surface area (Å²) in [5.74, 6) is -2.64. The number of rotatable bonds is 6. The monoisotopic (exact) mass is 529 g/mol. The van der Waals surface area contributed by atoms with Crippen molar-refractivity contribution in [3.63, 3.8) is 0 Å². The van der Waals surface area contributed by atoms with E-state index in [-0.39, 0.29) is 18.0 Å². The molecule has 4 atom stereocenters. The smallest absolute Gasteiger partial charge is 0.455 e. The number of benzene rings is 1. The molecule has 2 saturated heterocycles. The van der Waals surface area contributed by atoms with Crippen LogP contribution in [0.4, 0.5) is 4.79 Å². The Morgan fingerprint density at radius 3 is 2.65 bits per heavy atom. The van der Waals surface area contributed by atoms with Gasteiger partial charge in [0.15, 0.2) is 0 Å². The Kier molecular flexibility index (Phi) is 8.16. The maximum atomic E-state index is 13.3. The highest BCUT2D eigenvalue weighted by atomic mass is 35.5. The zero-order valence-corrected chi connectivity index (χ0v) is 22.3. The van der Waals surface area contributed by atoms with Gasteiger partial charge in [-0.2, -0.15) is 4.90 Å². The fourth-order valence-electron chi connectivity index (χ4n) is 6.04. The van der Waals surface area contributed by atoms with E-state index in [9.17, 15) is 24.5 Å². The van der Waals surface area contributed by atoms with E-state index in [1.807, 2.05) is 26.8 Å². The van der Waals surface area contributed by atoms with Crippen LogP contribution in [0.15, 0.2) is 34.9 Å². The molecule has 1 aromatic carbocycles. The predicted octanol–water partition coefficient (Wildman–Crippen LogP) is 4.84. The van der Waals surface area contributed by atoms with Gasteiger partial charge in [-0.25, -0.2) is 4.79 Å². The van der Waals surface area contributed by atoms with E-state index in [0.29, 0.717) is 29.2 Å². The molecule has 2 aliphatic heterocycles. The van der Waals surface area contributed by atoms with Gasteiger partial charge >= 0.3 is 13.2 Å². The number of ether oxygens (including phenoxy) is 1. The molecule has 3 aliphatic rings. The number of nitrogens with zero attached hydrogens (tertiary/aromatic N) is 1. The van der Waals surface area contributed by atoms with Gasteiger partial charge in [0.1, 0.15) is 5.75 Å². The fourth-order valence-corrected chi connectivity index (χ4v) is 6.27. The van der Waals surface area contributed by atoms with Crippen LogP contribution >= 0.6 is 11.6 Å². The standard InChI is InChI=1S/C27H33BClNO7/c1-5-15(10-16-7-8-17(31)11-21(16)29)6-9-22-23-18(14(2)3)12-19-24(20(23)13-28(35)37-22)26(33)30(25(19)32)27(34)36-4/h7-8,10-11,14,19-20,22,24,31,35H,5-6,9,12-13H2,1-4H3/b15-10+/t19-,20+,22-,24-/m1/s1. The maximum Gasteiger partial charge on any atom is 0.455 e. The number of fused-ring (bicyclic) bond motifs is 3. The SMILES string of the molecule is CC/C(=C\c1ccc(O)cc1Cl)CC[C@H]1OB(O)C[C@H]2C1=C(C(C)C)C[C@H]1C(=O)N(C(=O)OC)C(=O)[C@H]12. The molecule has 0 spiro atoms. The largest absolute Gasteiger partial charge is 0.508 e. The van der Waals surface area contributed by atoms with Crippen molar-refractivity contribution in [2.75, 3.05) is 7.11 Å². The molecule has 1 aromatic rings. The van der Waals surface area contributed by atoms with Crippen molar-refractivity contribution in [1.29, 1.82) is 0 Å². The summed E-state index contributed by atoms with van der Waals surface area (Å²) in [4.78, 5) is 39.2. The molecule has 37 heavy (non-hydrogen) atoms. The van der Waals surface area contributed by atoms with E-state index < -0.39 is 48.9 Å². The number of allylic oxidation sites excluding steroid dienone is 2. The lowest BCUT2D eigenvalue weighted by Gasteiger charge is -2.44. The minimum atomic E-state index is -1.08. The third kappa shape index (κ3) is 5.22. The minimum absolute atomic E-state index is 0.102. The number of carbonyl (C=O) groups is 3. The quantitative estimate of drug-likeness (QED) is 0.308. The van der Waals surface area contributed by atoms with Crippen molar-refractivity contribution < 1.29 is 33.9 Å². The van der Waals surface area contributed by atoms with E-state index in [2.05, 4.69) is 0 Å². The Labute approximate surface area is 222 Å². The number of hydrogen-bond acceptors (Lipinski definition) is 7. The Morgan fingerprint density at radius 1 is 1.30 bits per heavy atom. The summed E-state index contributed by atoms with van der Waals surface area (Å²) in [5, 5.41) is 20.8. The van der Waals surface area contributed by atoms with Crippen LogP contribution in [0.3, 0.4) is 0 Å². The first-order valence-corrected chi connectivity index (χ1v) is 13.1. The first kappa shape index (κ1) is 27.4. The molecule has 4 rings (SSSR count). The van der Waals surface area contributed by atoms with Gasteiger partial charge in [-0.15, -0.1) is 0 Å². The van der Waals surface area contributed by atoms with Crippen molar-refractivity contribution in [3.05, 3.63) is 45.5 Å². The van der Waals surface area contributed by atoms with E-state index in [0.717, 1.165) is 35.8 Å².